The molecule has 1 aromatic carbocycles. The summed E-state index contributed by atoms with van der Waals surface area (Å²) in [6.07, 6.45) is 1.24. The highest BCUT2D eigenvalue weighted by atomic mass is 32.2. The monoisotopic (exact) mass is 203 g/mol. The van der Waals surface area contributed by atoms with Crippen molar-refractivity contribution in [1.29, 1.82) is 0 Å². The van der Waals surface area contributed by atoms with Crippen molar-refractivity contribution < 1.29 is 0 Å². The van der Waals surface area contributed by atoms with Gasteiger partial charge >= 0.3 is 0 Å². The number of hydrogen-bond acceptors (Lipinski definition) is 1. The lowest BCUT2D eigenvalue weighted by Gasteiger charge is -2.12. The maximum absolute atomic E-state index is 2.36. The number of benzene rings is 1. The molecule has 1 aromatic heterocycles. The number of thioether (sulfide) groups is 1. The van der Waals surface area contributed by atoms with E-state index in [9.17, 15) is 0 Å². The van der Waals surface area contributed by atoms with Gasteiger partial charge in [0.2, 0.25) is 0 Å². The zero-order valence-corrected chi connectivity index (χ0v) is 9.10. The Bertz CT molecular complexity index is 484. The van der Waals surface area contributed by atoms with E-state index in [1.54, 1.807) is 5.56 Å². The Morgan fingerprint density at radius 3 is 3.07 bits per heavy atom. The molecule has 0 saturated carbocycles. The fourth-order valence-electron chi connectivity index (χ4n) is 2.33. The Hall–Kier alpha value is -0.890. The lowest BCUT2D eigenvalue weighted by atomic mass is 10.1. The number of nitrogens with zero attached hydrogens (tertiary/aromatic N) is 1. The first-order chi connectivity index (χ1) is 6.88. The number of fused-ring (bicyclic) bond motifs is 3. The zero-order chi connectivity index (χ0) is 9.54. The third-order valence-electron chi connectivity index (χ3n) is 3.08. The predicted molar refractivity (Wildman–Crippen MR) is 62.8 cm³/mol. The normalized spacial score (nSPS) is 15.8. The van der Waals surface area contributed by atoms with Gasteiger partial charge < -0.3 is 4.57 Å². The maximum Gasteiger partial charge on any atom is 0.0483 e. The topological polar surface area (TPSA) is 4.93 Å². The van der Waals surface area contributed by atoms with Crippen LogP contribution in [0, 0.1) is 0 Å². The van der Waals surface area contributed by atoms with Crippen molar-refractivity contribution in [1.82, 2.24) is 4.57 Å². The summed E-state index contributed by atoms with van der Waals surface area (Å²) in [5, 5.41) is 1.46. The van der Waals surface area contributed by atoms with Crippen LogP contribution in [-0.4, -0.2) is 10.3 Å². The summed E-state index contributed by atoms with van der Waals surface area (Å²) >= 11 is 2.05. The molecule has 0 atom stereocenters. The maximum atomic E-state index is 2.36. The Labute approximate surface area is 88.1 Å². The minimum atomic E-state index is 1.18. The van der Waals surface area contributed by atoms with E-state index in [1.807, 2.05) is 11.8 Å². The summed E-state index contributed by atoms with van der Waals surface area (Å²) in [7, 11) is 2.19. The molecule has 0 amide bonds. The minimum Gasteiger partial charge on any atom is -0.347 e. The summed E-state index contributed by atoms with van der Waals surface area (Å²) in [6, 6.07) is 8.74. The van der Waals surface area contributed by atoms with Crippen molar-refractivity contribution in [3.8, 4) is 0 Å². The van der Waals surface area contributed by atoms with Crippen molar-refractivity contribution in [3.63, 3.8) is 0 Å². The van der Waals surface area contributed by atoms with Crippen LogP contribution in [0.3, 0.4) is 0 Å². The molecule has 2 aromatic rings. The summed E-state index contributed by atoms with van der Waals surface area (Å²) in [6.45, 7) is 0. The van der Waals surface area contributed by atoms with E-state index in [1.165, 1.54) is 34.5 Å². The van der Waals surface area contributed by atoms with Gasteiger partial charge in [-0.15, -0.1) is 0 Å². The van der Waals surface area contributed by atoms with Crippen LogP contribution in [0.25, 0.3) is 10.9 Å². The number of hydrogen-bond donors (Lipinski definition) is 0. The fraction of sp³-hybridized carbons (Fsp3) is 0.333. The molecule has 0 saturated heterocycles. The Morgan fingerprint density at radius 2 is 2.14 bits per heavy atom. The van der Waals surface area contributed by atoms with Crippen LogP contribution < -0.4 is 0 Å². The van der Waals surface area contributed by atoms with Crippen molar-refractivity contribution in [2.24, 2.45) is 7.05 Å². The molecule has 1 nitrogen and oxygen atoms in total. The molecule has 3 rings (SSSR count). The van der Waals surface area contributed by atoms with Crippen molar-refractivity contribution in [2.45, 2.75) is 12.2 Å². The van der Waals surface area contributed by atoms with Crippen LogP contribution in [0.15, 0.2) is 24.3 Å². The molecule has 14 heavy (non-hydrogen) atoms. The van der Waals surface area contributed by atoms with Crippen molar-refractivity contribution in [2.75, 3.05) is 5.75 Å². The fourth-order valence-corrected chi connectivity index (χ4v) is 3.38. The van der Waals surface area contributed by atoms with E-state index in [0.717, 1.165) is 0 Å². The molecule has 0 N–H and O–H groups in total. The zero-order valence-electron chi connectivity index (χ0n) is 8.29. The number of aromatic nitrogens is 1. The second-order valence-corrected chi connectivity index (χ2v) is 4.91. The van der Waals surface area contributed by atoms with E-state index in [4.69, 9.17) is 0 Å². The Kier molecular flexibility index (Phi) is 1.84. The lowest BCUT2D eigenvalue weighted by molar-refractivity contribution is 0.883. The van der Waals surface area contributed by atoms with Gasteiger partial charge in [-0.2, -0.15) is 11.8 Å². The van der Waals surface area contributed by atoms with Gasteiger partial charge in [0.25, 0.3) is 0 Å². The van der Waals surface area contributed by atoms with Gasteiger partial charge in [0.1, 0.15) is 0 Å². The van der Waals surface area contributed by atoms with Crippen LogP contribution in [0.2, 0.25) is 0 Å². The van der Waals surface area contributed by atoms with E-state index in [0.29, 0.717) is 0 Å². The average Bonchev–Trinajstić information content (AvgIpc) is 2.55. The Morgan fingerprint density at radius 1 is 1.29 bits per heavy atom. The number of aryl methyl sites for hydroxylation is 2. The van der Waals surface area contributed by atoms with Crippen molar-refractivity contribution in [3.05, 3.63) is 35.5 Å². The summed E-state index contributed by atoms with van der Waals surface area (Å²) in [5.74, 6) is 2.46. The van der Waals surface area contributed by atoms with Crippen LogP contribution in [-0.2, 0) is 19.2 Å². The van der Waals surface area contributed by atoms with Gasteiger partial charge in [-0.3, -0.25) is 0 Å². The van der Waals surface area contributed by atoms with E-state index < -0.39 is 0 Å². The van der Waals surface area contributed by atoms with Crippen LogP contribution in [0.4, 0.5) is 0 Å². The van der Waals surface area contributed by atoms with Gasteiger partial charge in [-0.05, 0) is 23.8 Å². The highest BCUT2D eigenvalue weighted by Gasteiger charge is 2.17. The molecular weight excluding hydrogens is 190 g/mol. The van der Waals surface area contributed by atoms with Gasteiger partial charge in [0.05, 0.1) is 0 Å². The molecule has 1 aliphatic heterocycles. The van der Waals surface area contributed by atoms with Gasteiger partial charge in [-0.25, -0.2) is 0 Å². The molecule has 0 radical (unpaired) electrons. The molecule has 2 heterocycles. The van der Waals surface area contributed by atoms with E-state index in [2.05, 4.69) is 35.9 Å². The molecule has 0 bridgehead atoms. The molecule has 0 fully saturated rings. The largest absolute Gasteiger partial charge is 0.347 e. The SMILES string of the molecule is Cn1c2c(c3ccccc31)CCSC2. The molecule has 0 spiro atoms. The molecular formula is C12H13NS. The van der Waals surface area contributed by atoms with E-state index in [-0.39, 0.29) is 0 Å². The molecule has 72 valence electrons. The average molecular weight is 203 g/mol. The van der Waals surface area contributed by atoms with Crippen LogP contribution in [0.5, 0.6) is 0 Å². The first kappa shape index (κ1) is 8.42. The number of rotatable bonds is 0. The van der Waals surface area contributed by atoms with Gasteiger partial charge in [-0.1, -0.05) is 18.2 Å². The summed E-state index contributed by atoms with van der Waals surface area (Å²) in [5.41, 5.74) is 4.50. The van der Waals surface area contributed by atoms with Gasteiger partial charge in [0.15, 0.2) is 0 Å². The minimum absolute atomic E-state index is 1.18. The molecule has 0 aliphatic carbocycles. The highest BCUT2D eigenvalue weighted by molar-refractivity contribution is 7.98. The predicted octanol–water partition coefficient (Wildman–Crippen LogP) is 2.97. The van der Waals surface area contributed by atoms with Crippen LogP contribution >= 0.6 is 11.8 Å². The smallest absolute Gasteiger partial charge is 0.0483 e. The van der Waals surface area contributed by atoms with Crippen molar-refractivity contribution >= 4 is 22.7 Å². The quantitative estimate of drug-likeness (QED) is 0.637. The first-order valence-corrected chi connectivity index (χ1v) is 6.16. The third kappa shape index (κ3) is 1.04. The molecule has 2 heteroatoms. The van der Waals surface area contributed by atoms with Crippen LogP contribution in [0.1, 0.15) is 11.3 Å². The second-order valence-electron chi connectivity index (χ2n) is 3.80. The standard InChI is InChI=1S/C12H13NS/c1-13-11-5-3-2-4-9(11)10-6-7-14-8-12(10)13/h2-5H,6-8H2,1H3. The highest BCUT2D eigenvalue weighted by Crippen LogP contribution is 2.32. The molecule has 0 unspecified atom stereocenters. The summed E-state index contributed by atoms with van der Waals surface area (Å²) < 4.78 is 2.36. The van der Waals surface area contributed by atoms with E-state index >= 15 is 0 Å². The Balaban J connectivity index is 2.41. The number of para-hydroxylation sites is 1. The third-order valence-corrected chi connectivity index (χ3v) is 4.05. The second kappa shape index (κ2) is 3.06. The first-order valence-electron chi connectivity index (χ1n) is 5.01. The lowest BCUT2D eigenvalue weighted by Crippen LogP contribution is -2.04. The molecule has 1 aliphatic rings. The summed E-state index contributed by atoms with van der Waals surface area (Å²) in [4.78, 5) is 0. The van der Waals surface area contributed by atoms with Gasteiger partial charge in [0, 0.05) is 29.4 Å².